The van der Waals surface area contributed by atoms with Crippen molar-refractivity contribution < 1.29 is 4.79 Å². The molecule has 0 aliphatic heterocycles. The number of anilines is 1. The summed E-state index contributed by atoms with van der Waals surface area (Å²) in [5.74, 6) is -0.0581. The Labute approximate surface area is 90.2 Å². The van der Waals surface area contributed by atoms with Gasteiger partial charge >= 0.3 is 0 Å². The fraction of sp³-hybridized carbons (Fsp3) is 0.222. The quantitative estimate of drug-likeness (QED) is 0.506. The van der Waals surface area contributed by atoms with E-state index < -0.39 is 0 Å². The highest BCUT2D eigenvalue weighted by Crippen LogP contribution is 2.21. The molecule has 0 aromatic heterocycles. The lowest BCUT2D eigenvalue weighted by Crippen LogP contribution is -2.10. The van der Waals surface area contributed by atoms with Crippen LogP contribution in [0, 0.1) is 0 Å². The lowest BCUT2D eigenvalue weighted by atomic mass is 10.1. The van der Waals surface area contributed by atoms with Crippen LogP contribution in [-0.4, -0.2) is 10.6 Å². The minimum atomic E-state index is -0.244. The molecule has 1 unspecified atom stereocenters. The predicted octanol–water partition coefficient (Wildman–Crippen LogP) is 2.89. The van der Waals surface area contributed by atoms with Gasteiger partial charge in [0.15, 0.2) is 5.78 Å². The van der Waals surface area contributed by atoms with Crippen LogP contribution < -0.4 is 5.73 Å². The SMILES string of the molecule is CC(Br)C(=O)c1cc(N)ccc1Cl. The molecule has 0 saturated carbocycles. The van der Waals surface area contributed by atoms with Crippen LogP contribution in [0.5, 0.6) is 0 Å². The van der Waals surface area contributed by atoms with Gasteiger partial charge in [-0.2, -0.15) is 0 Å². The molecule has 0 aliphatic carbocycles. The van der Waals surface area contributed by atoms with Crippen molar-refractivity contribution in [3.05, 3.63) is 28.8 Å². The molecule has 0 radical (unpaired) electrons. The summed E-state index contributed by atoms with van der Waals surface area (Å²) in [6.45, 7) is 1.75. The second-order valence-electron chi connectivity index (χ2n) is 2.72. The Bertz CT molecular complexity index is 338. The van der Waals surface area contributed by atoms with Crippen LogP contribution in [0.4, 0.5) is 5.69 Å². The molecule has 1 aromatic carbocycles. The minimum absolute atomic E-state index is 0.0581. The largest absolute Gasteiger partial charge is 0.399 e. The van der Waals surface area contributed by atoms with Gasteiger partial charge in [-0.15, -0.1) is 0 Å². The lowest BCUT2D eigenvalue weighted by Gasteiger charge is -2.05. The normalized spacial score (nSPS) is 12.5. The van der Waals surface area contributed by atoms with E-state index in [1.165, 1.54) is 0 Å². The van der Waals surface area contributed by atoms with Crippen LogP contribution in [-0.2, 0) is 0 Å². The van der Waals surface area contributed by atoms with Crippen molar-refractivity contribution in [3.8, 4) is 0 Å². The number of nitrogen functional groups attached to an aromatic ring is 1. The van der Waals surface area contributed by atoms with Gasteiger partial charge in [-0.25, -0.2) is 0 Å². The van der Waals surface area contributed by atoms with Crippen molar-refractivity contribution in [2.24, 2.45) is 0 Å². The van der Waals surface area contributed by atoms with E-state index >= 15 is 0 Å². The molecular weight excluding hydrogens is 253 g/mol. The zero-order valence-corrected chi connectivity index (χ0v) is 9.39. The standard InChI is InChI=1S/C9H9BrClNO/c1-5(10)9(13)7-4-6(12)2-3-8(7)11/h2-5H,12H2,1H3. The van der Waals surface area contributed by atoms with Crippen LogP contribution in [0.1, 0.15) is 17.3 Å². The molecule has 0 saturated heterocycles. The Morgan fingerprint density at radius 2 is 2.23 bits per heavy atom. The molecule has 1 aromatic rings. The van der Waals surface area contributed by atoms with Gasteiger partial charge in [0.25, 0.3) is 0 Å². The summed E-state index contributed by atoms with van der Waals surface area (Å²) < 4.78 is 0. The number of benzene rings is 1. The summed E-state index contributed by atoms with van der Waals surface area (Å²) in [6, 6.07) is 4.87. The van der Waals surface area contributed by atoms with Crippen molar-refractivity contribution in [2.45, 2.75) is 11.8 Å². The zero-order chi connectivity index (χ0) is 10.0. The molecule has 13 heavy (non-hydrogen) atoms. The molecule has 0 fully saturated rings. The first-order chi connectivity index (χ1) is 6.02. The second-order valence-corrected chi connectivity index (χ2v) is 4.50. The molecule has 1 atom stereocenters. The molecule has 2 nitrogen and oxygen atoms in total. The minimum Gasteiger partial charge on any atom is -0.399 e. The predicted molar refractivity (Wildman–Crippen MR) is 58.6 cm³/mol. The van der Waals surface area contributed by atoms with Crippen LogP contribution in [0.25, 0.3) is 0 Å². The fourth-order valence-corrected chi connectivity index (χ4v) is 1.40. The van der Waals surface area contributed by atoms with Gasteiger partial charge in [-0.3, -0.25) is 4.79 Å². The van der Waals surface area contributed by atoms with Crippen LogP contribution >= 0.6 is 27.5 Å². The third-order valence-electron chi connectivity index (χ3n) is 1.62. The molecular formula is C9H9BrClNO. The number of halogens is 2. The number of carbonyl (C=O) groups is 1. The van der Waals surface area contributed by atoms with Gasteiger partial charge in [0.2, 0.25) is 0 Å². The number of hydrogen-bond acceptors (Lipinski definition) is 2. The number of carbonyl (C=O) groups excluding carboxylic acids is 1. The molecule has 4 heteroatoms. The van der Waals surface area contributed by atoms with Crippen molar-refractivity contribution in [2.75, 3.05) is 5.73 Å². The van der Waals surface area contributed by atoms with Gasteiger partial charge in [0.1, 0.15) is 0 Å². The number of hydrogen-bond donors (Lipinski definition) is 1. The van der Waals surface area contributed by atoms with E-state index in [1.54, 1.807) is 25.1 Å². The average molecular weight is 263 g/mol. The average Bonchev–Trinajstić information content (AvgIpc) is 2.08. The van der Waals surface area contributed by atoms with E-state index in [0.717, 1.165) is 0 Å². The maximum Gasteiger partial charge on any atom is 0.177 e. The molecule has 0 bridgehead atoms. The Balaban J connectivity index is 3.13. The Kier molecular flexibility index (Phi) is 3.33. The summed E-state index contributed by atoms with van der Waals surface area (Å²) >= 11 is 9.02. The maximum absolute atomic E-state index is 11.5. The number of Topliss-reactive ketones (excluding diaryl/α,β-unsaturated/α-hetero) is 1. The highest BCUT2D eigenvalue weighted by molar-refractivity contribution is 9.10. The summed E-state index contributed by atoms with van der Waals surface area (Å²) in [4.78, 5) is 11.3. The van der Waals surface area contributed by atoms with Crippen LogP contribution in [0.3, 0.4) is 0 Å². The first kappa shape index (κ1) is 10.5. The fourth-order valence-electron chi connectivity index (χ4n) is 0.946. The number of ketones is 1. The van der Waals surface area contributed by atoms with E-state index in [4.69, 9.17) is 17.3 Å². The van der Waals surface area contributed by atoms with Crippen molar-refractivity contribution in [1.82, 2.24) is 0 Å². The van der Waals surface area contributed by atoms with E-state index in [9.17, 15) is 4.79 Å². The van der Waals surface area contributed by atoms with Crippen molar-refractivity contribution in [3.63, 3.8) is 0 Å². The van der Waals surface area contributed by atoms with Gasteiger partial charge in [0, 0.05) is 11.3 Å². The van der Waals surface area contributed by atoms with Gasteiger partial charge in [0.05, 0.1) is 9.85 Å². The third-order valence-corrected chi connectivity index (χ3v) is 2.36. The molecule has 70 valence electrons. The summed E-state index contributed by atoms with van der Waals surface area (Å²) in [7, 11) is 0. The summed E-state index contributed by atoms with van der Waals surface area (Å²) in [5, 5.41) is 0.436. The molecule has 0 spiro atoms. The zero-order valence-electron chi connectivity index (χ0n) is 7.05. The molecule has 1 rings (SSSR count). The van der Waals surface area contributed by atoms with Crippen LogP contribution in [0.2, 0.25) is 5.02 Å². The number of nitrogens with two attached hydrogens (primary N) is 1. The smallest absolute Gasteiger partial charge is 0.177 e. The Hall–Kier alpha value is -0.540. The van der Waals surface area contributed by atoms with Crippen molar-refractivity contribution in [1.29, 1.82) is 0 Å². The highest BCUT2D eigenvalue weighted by atomic mass is 79.9. The van der Waals surface area contributed by atoms with E-state index in [0.29, 0.717) is 16.3 Å². The first-order valence-corrected chi connectivity index (χ1v) is 5.05. The van der Waals surface area contributed by atoms with E-state index in [2.05, 4.69) is 15.9 Å². The number of rotatable bonds is 2. The maximum atomic E-state index is 11.5. The molecule has 0 aliphatic rings. The van der Waals surface area contributed by atoms with E-state index in [-0.39, 0.29) is 10.6 Å². The first-order valence-electron chi connectivity index (χ1n) is 3.75. The summed E-state index contributed by atoms with van der Waals surface area (Å²) in [5.41, 5.74) is 6.55. The lowest BCUT2D eigenvalue weighted by molar-refractivity contribution is 0.0996. The Morgan fingerprint density at radius 1 is 1.62 bits per heavy atom. The molecule has 0 heterocycles. The highest BCUT2D eigenvalue weighted by Gasteiger charge is 2.15. The topological polar surface area (TPSA) is 43.1 Å². The molecule has 0 amide bonds. The van der Waals surface area contributed by atoms with Crippen molar-refractivity contribution >= 4 is 39.0 Å². The second kappa shape index (κ2) is 4.11. The van der Waals surface area contributed by atoms with Gasteiger partial charge < -0.3 is 5.73 Å². The molecule has 2 N–H and O–H groups in total. The van der Waals surface area contributed by atoms with Crippen LogP contribution in [0.15, 0.2) is 18.2 Å². The third kappa shape index (κ3) is 2.45. The van der Waals surface area contributed by atoms with Gasteiger partial charge in [-0.1, -0.05) is 27.5 Å². The summed E-state index contributed by atoms with van der Waals surface area (Å²) in [6.07, 6.45) is 0. The Morgan fingerprint density at radius 3 is 2.77 bits per heavy atom. The van der Waals surface area contributed by atoms with E-state index in [1.807, 2.05) is 0 Å². The van der Waals surface area contributed by atoms with Gasteiger partial charge in [-0.05, 0) is 25.1 Å². The number of alkyl halides is 1. The monoisotopic (exact) mass is 261 g/mol.